The van der Waals surface area contributed by atoms with Crippen LogP contribution in [0.15, 0.2) is 24.3 Å². The topological polar surface area (TPSA) is 46.3 Å². The summed E-state index contributed by atoms with van der Waals surface area (Å²) < 4.78 is 1.10. The van der Waals surface area contributed by atoms with Gasteiger partial charge in [0, 0.05) is 24.0 Å². The van der Waals surface area contributed by atoms with Gasteiger partial charge < -0.3 is 10.6 Å². The first-order valence-corrected chi connectivity index (χ1v) is 6.48. The van der Waals surface area contributed by atoms with Crippen molar-refractivity contribution < 1.29 is 4.79 Å². The zero-order valence-electron chi connectivity index (χ0n) is 10.1. The molecule has 0 aliphatic carbocycles. The van der Waals surface area contributed by atoms with Crippen LogP contribution in [0.25, 0.3) is 10.1 Å². The van der Waals surface area contributed by atoms with Crippen LogP contribution in [0.1, 0.15) is 23.0 Å². The Hall–Kier alpha value is -1.55. The summed E-state index contributed by atoms with van der Waals surface area (Å²) in [5, 5.41) is 1.04. The van der Waals surface area contributed by atoms with Crippen molar-refractivity contribution in [3.63, 3.8) is 0 Å². The number of nitrogens with zero attached hydrogens (tertiary/aromatic N) is 1. The van der Waals surface area contributed by atoms with Crippen molar-refractivity contribution in [2.24, 2.45) is 0 Å². The quantitative estimate of drug-likeness (QED) is 0.849. The van der Waals surface area contributed by atoms with Gasteiger partial charge in [-0.1, -0.05) is 6.92 Å². The molecule has 0 bridgehead atoms. The van der Waals surface area contributed by atoms with E-state index in [2.05, 4.69) is 6.92 Å². The first-order valence-electron chi connectivity index (χ1n) is 5.66. The Morgan fingerprint density at radius 1 is 1.41 bits per heavy atom. The first kappa shape index (κ1) is 11.9. The molecule has 0 unspecified atom stereocenters. The normalized spacial score (nSPS) is 10.7. The number of benzene rings is 1. The molecule has 0 aliphatic rings. The summed E-state index contributed by atoms with van der Waals surface area (Å²) in [6, 6.07) is 7.65. The summed E-state index contributed by atoms with van der Waals surface area (Å²) >= 11 is 1.52. The third-order valence-electron chi connectivity index (χ3n) is 2.66. The predicted molar refractivity (Wildman–Crippen MR) is 73.5 cm³/mol. The molecular weight excluding hydrogens is 232 g/mol. The number of anilines is 1. The van der Waals surface area contributed by atoms with Crippen molar-refractivity contribution in [2.45, 2.75) is 13.3 Å². The van der Waals surface area contributed by atoms with Crippen molar-refractivity contribution in [1.82, 2.24) is 4.90 Å². The minimum Gasteiger partial charge on any atom is -0.399 e. The van der Waals surface area contributed by atoms with E-state index in [1.165, 1.54) is 11.3 Å². The lowest BCUT2D eigenvalue weighted by Gasteiger charge is -2.14. The van der Waals surface area contributed by atoms with Crippen LogP contribution < -0.4 is 5.73 Å². The van der Waals surface area contributed by atoms with E-state index >= 15 is 0 Å². The molecule has 0 spiro atoms. The fourth-order valence-electron chi connectivity index (χ4n) is 1.79. The number of hydrogen-bond acceptors (Lipinski definition) is 3. The standard InChI is InChI=1S/C13H16N2OS/c1-3-6-15(2)13(16)12-8-9-7-10(14)4-5-11(9)17-12/h4-5,7-8H,3,6,14H2,1-2H3. The number of carbonyl (C=O) groups excluding carboxylic acids is 1. The van der Waals surface area contributed by atoms with Gasteiger partial charge in [-0.3, -0.25) is 4.79 Å². The number of fused-ring (bicyclic) bond motifs is 1. The maximum atomic E-state index is 12.1. The average molecular weight is 248 g/mol. The molecule has 17 heavy (non-hydrogen) atoms. The molecule has 1 heterocycles. The number of rotatable bonds is 3. The van der Waals surface area contributed by atoms with Crippen LogP contribution in [-0.2, 0) is 0 Å². The number of carbonyl (C=O) groups is 1. The molecule has 1 aromatic carbocycles. The number of nitrogen functional groups attached to an aromatic ring is 1. The second kappa shape index (κ2) is 4.75. The highest BCUT2D eigenvalue weighted by molar-refractivity contribution is 7.20. The third-order valence-corrected chi connectivity index (χ3v) is 3.76. The summed E-state index contributed by atoms with van der Waals surface area (Å²) in [4.78, 5) is 14.6. The second-order valence-corrected chi connectivity index (χ2v) is 5.22. The van der Waals surface area contributed by atoms with Crippen LogP contribution in [0.4, 0.5) is 5.69 Å². The zero-order valence-corrected chi connectivity index (χ0v) is 10.9. The van der Waals surface area contributed by atoms with Gasteiger partial charge in [-0.15, -0.1) is 11.3 Å². The minimum atomic E-state index is 0.0895. The Morgan fingerprint density at radius 3 is 2.88 bits per heavy atom. The van der Waals surface area contributed by atoms with Crippen molar-refractivity contribution in [1.29, 1.82) is 0 Å². The van der Waals surface area contributed by atoms with E-state index in [-0.39, 0.29) is 5.91 Å². The zero-order chi connectivity index (χ0) is 12.4. The van der Waals surface area contributed by atoms with E-state index in [4.69, 9.17) is 5.73 Å². The third kappa shape index (κ3) is 2.42. The van der Waals surface area contributed by atoms with Gasteiger partial charge >= 0.3 is 0 Å². The summed E-state index contributed by atoms with van der Waals surface area (Å²) in [6.07, 6.45) is 0.972. The molecule has 0 fully saturated rings. The summed E-state index contributed by atoms with van der Waals surface area (Å²) in [6.45, 7) is 2.85. The molecule has 2 N–H and O–H groups in total. The minimum absolute atomic E-state index is 0.0895. The van der Waals surface area contributed by atoms with Crippen molar-refractivity contribution in [3.05, 3.63) is 29.1 Å². The first-order chi connectivity index (χ1) is 8.11. The molecule has 0 radical (unpaired) electrons. The van der Waals surface area contributed by atoms with Gasteiger partial charge in [0.2, 0.25) is 0 Å². The molecule has 0 saturated carbocycles. The molecule has 0 saturated heterocycles. The van der Waals surface area contributed by atoms with E-state index in [9.17, 15) is 4.79 Å². The molecule has 0 aliphatic heterocycles. The lowest BCUT2D eigenvalue weighted by molar-refractivity contribution is 0.0800. The maximum Gasteiger partial charge on any atom is 0.263 e. The highest BCUT2D eigenvalue weighted by atomic mass is 32.1. The number of nitrogens with two attached hydrogens (primary N) is 1. The van der Waals surface area contributed by atoms with Gasteiger partial charge in [0.05, 0.1) is 4.88 Å². The van der Waals surface area contributed by atoms with Crippen molar-refractivity contribution in [3.8, 4) is 0 Å². The predicted octanol–water partition coefficient (Wildman–Crippen LogP) is 2.97. The Bertz CT molecular complexity index is 547. The summed E-state index contributed by atoms with van der Waals surface area (Å²) in [5.74, 6) is 0.0895. The van der Waals surface area contributed by atoms with Gasteiger partial charge in [-0.2, -0.15) is 0 Å². The van der Waals surface area contributed by atoms with E-state index in [0.29, 0.717) is 0 Å². The van der Waals surface area contributed by atoms with E-state index in [1.54, 1.807) is 4.90 Å². The molecular formula is C13H16N2OS. The lowest BCUT2D eigenvalue weighted by atomic mass is 10.2. The summed E-state index contributed by atoms with van der Waals surface area (Å²) in [7, 11) is 1.84. The number of thiophene rings is 1. The molecule has 1 amide bonds. The molecule has 1 aromatic heterocycles. The SMILES string of the molecule is CCCN(C)C(=O)c1cc2cc(N)ccc2s1. The van der Waals surface area contributed by atoms with Crippen molar-refractivity contribution in [2.75, 3.05) is 19.3 Å². The maximum absolute atomic E-state index is 12.1. The fraction of sp³-hybridized carbons (Fsp3) is 0.308. The van der Waals surface area contributed by atoms with Crippen LogP contribution in [0.3, 0.4) is 0 Å². The molecule has 2 aromatic rings. The van der Waals surface area contributed by atoms with E-state index in [1.807, 2.05) is 31.3 Å². The Balaban J connectivity index is 2.33. The average Bonchev–Trinajstić information content (AvgIpc) is 2.71. The van der Waals surface area contributed by atoms with Crippen LogP contribution in [-0.4, -0.2) is 24.4 Å². The molecule has 4 heteroatoms. The second-order valence-electron chi connectivity index (χ2n) is 4.13. The van der Waals surface area contributed by atoms with Crippen LogP contribution in [0.5, 0.6) is 0 Å². The highest BCUT2D eigenvalue weighted by Gasteiger charge is 2.14. The van der Waals surface area contributed by atoms with Gasteiger partial charge in [-0.25, -0.2) is 0 Å². The lowest BCUT2D eigenvalue weighted by Crippen LogP contribution is -2.26. The van der Waals surface area contributed by atoms with Gasteiger partial charge in [0.1, 0.15) is 0 Å². The fourth-order valence-corrected chi connectivity index (χ4v) is 2.83. The van der Waals surface area contributed by atoms with Gasteiger partial charge in [0.25, 0.3) is 5.91 Å². The van der Waals surface area contributed by atoms with Crippen LogP contribution >= 0.6 is 11.3 Å². The van der Waals surface area contributed by atoms with Crippen molar-refractivity contribution >= 4 is 33.0 Å². The van der Waals surface area contributed by atoms with Gasteiger partial charge in [-0.05, 0) is 36.1 Å². The largest absolute Gasteiger partial charge is 0.399 e. The Kier molecular flexibility index (Phi) is 3.33. The number of hydrogen-bond donors (Lipinski definition) is 1. The van der Waals surface area contributed by atoms with Crippen LogP contribution in [0, 0.1) is 0 Å². The monoisotopic (exact) mass is 248 g/mol. The van der Waals surface area contributed by atoms with E-state index in [0.717, 1.165) is 33.6 Å². The molecule has 90 valence electrons. The Morgan fingerprint density at radius 2 is 2.18 bits per heavy atom. The highest BCUT2D eigenvalue weighted by Crippen LogP contribution is 2.28. The van der Waals surface area contributed by atoms with Crippen LogP contribution in [0.2, 0.25) is 0 Å². The van der Waals surface area contributed by atoms with E-state index < -0.39 is 0 Å². The van der Waals surface area contributed by atoms with Gasteiger partial charge in [0.15, 0.2) is 0 Å². The Labute approximate surface area is 105 Å². The summed E-state index contributed by atoms with van der Waals surface area (Å²) in [5.41, 5.74) is 6.46. The molecule has 0 atom stereocenters. The number of amides is 1. The molecule has 3 nitrogen and oxygen atoms in total. The molecule has 2 rings (SSSR count). The smallest absolute Gasteiger partial charge is 0.263 e.